The number of likely N-dealkylation sites (N-methyl/N-ethyl adjacent to an activating group) is 1. The van der Waals surface area contributed by atoms with E-state index in [2.05, 4.69) is 5.32 Å². The molecule has 0 aromatic heterocycles. The molecule has 0 radical (unpaired) electrons. The van der Waals surface area contributed by atoms with Crippen molar-refractivity contribution in [1.29, 1.82) is 0 Å². The molecule has 2 N–H and O–H groups in total. The number of carboxylic acids is 1. The SMILES string of the molecule is CNC(C(=O)O)(c1ccc(Cl)cc1)C1CC1. The lowest BCUT2D eigenvalue weighted by molar-refractivity contribution is -0.146. The van der Waals surface area contributed by atoms with Crippen LogP contribution in [-0.2, 0) is 10.3 Å². The van der Waals surface area contributed by atoms with Gasteiger partial charge in [-0.2, -0.15) is 0 Å². The van der Waals surface area contributed by atoms with Gasteiger partial charge in [0.1, 0.15) is 5.54 Å². The fourth-order valence-electron chi connectivity index (χ4n) is 2.22. The summed E-state index contributed by atoms with van der Waals surface area (Å²) in [5.74, 6) is -0.643. The minimum absolute atomic E-state index is 0.177. The molecule has 16 heavy (non-hydrogen) atoms. The maximum Gasteiger partial charge on any atom is 0.328 e. The Labute approximate surface area is 99.4 Å². The predicted molar refractivity (Wildman–Crippen MR) is 62.5 cm³/mol. The third-order valence-electron chi connectivity index (χ3n) is 3.22. The number of benzene rings is 1. The van der Waals surface area contributed by atoms with Crippen molar-refractivity contribution in [3.63, 3.8) is 0 Å². The van der Waals surface area contributed by atoms with Gasteiger partial charge in [-0.15, -0.1) is 0 Å². The van der Waals surface area contributed by atoms with E-state index in [0.29, 0.717) is 5.02 Å². The molecule has 0 aliphatic heterocycles. The normalized spacial score (nSPS) is 19.1. The number of rotatable bonds is 4. The highest BCUT2D eigenvalue weighted by atomic mass is 35.5. The molecule has 1 aromatic rings. The van der Waals surface area contributed by atoms with Crippen LogP contribution in [0.3, 0.4) is 0 Å². The highest BCUT2D eigenvalue weighted by Gasteiger charge is 2.51. The molecule has 0 bridgehead atoms. The zero-order valence-electron chi connectivity index (χ0n) is 9.03. The summed E-state index contributed by atoms with van der Waals surface area (Å²) in [4.78, 5) is 11.5. The molecule has 1 saturated carbocycles. The monoisotopic (exact) mass is 239 g/mol. The molecule has 1 fully saturated rings. The Morgan fingerprint density at radius 2 is 2.00 bits per heavy atom. The van der Waals surface area contributed by atoms with Crippen LogP contribution in [0.25, 0.3) is 0 Å². The van der Waals surface area contributed by atoms with Crippen molar-refractivity contribution in [2.75, 3.05) is 7.05 Å². The van der Waals surface area contributed by atoms with Gasteiger partial charge in [0.25, 0.3) is 0 Å². The largest absolute Gasteiger partial charge is 0.480 e. The van der Waals surface area contributed by atoms with Crippen molar-refractivity contribution >= 4 is 17.6 Å². The summed E-state index contributed by atoms with van der Waals surface area (Å²) in [6, 6.07) is 7.03. The van der Waals surface area contributed by atoms with E-state index in [1.165, 1.54) is 0 Å². The number of aliphatic carboxylic acids is 1. The Morgan fingerprint density at radius 3 is 2.38 bits per heavy atom. The highest BCUT2D eigenvalue weighted by Crippen LogP contribution is 2.45. The fraction of sp³-hybridized carbons (Fsp3) is 0.417. The van der Waals surface area contributed by atoms with Gasteiger partial charge in [-0.1, -0.05) is 23.7 Å². The summed E-state index contributed by atoms with van der Waals surface area (Å²) in [5, 5.41) is 13.1. The van der Waals surface area contributed by atoms with E-state index in [9.17, 15) is 9.90 Å². The molecule has 1 aliphatic carbocycles. The van der Waals surface area contributed by atoms with E-state index in [-0.39, 0.29) is 5.92 Å². The van der Waals surface area contributed by atoms with Gasteiger partial charge in [0.05, 0.1) is 0 Å². The van der Waals surface area contributed by atoms with Crippen LogP contribution >= 0.6 is 11.6 Å². The number of hydrogen-bond acceptors (Lipinski definition) is 2. The Hall–Kier alpha value is -1.06. The van der Waals surface area contributed by atoms with Gasteiger partial charge in [0.15, 0.2) is 0 Å². The van der Waals surface area contributed by atoms with Gasteiger partial charge in [0.2, 0.25) is 0 Å². The van der Waals surface area contributed by atoms with Gasteiger partial charge in [0, 0.05) is 5.02 Å². The van der Waals surface area contributed by atoms with Crippen LogP contribution < -0.4 is 5.32 Å². The first kappa shape index (κ1) is 11.4. The molecule has 0 heterocycles. The van der Waals surface area contributed by atoms with E-state index in [0.717, 1.165) is 18.4 Å². The lowest BCUT2D eigenvalue weighted by Crippen LogP contribution is -2.49. The van der Waals surface area contributed by atoms with Gasteiger partial charge in [-0.3, -0.25) is 0 Å². The molecule has 1 aromatic carbocycles. The number of hydrogen-bond donors (Lipinski definition) is 2. The lowest BCUT2D eigenvalue weighted by atomic mass is 9.85. The Kier molecular flexibility index (Phi) is 2.91. The van der Waals surface area contributed by atoms with Crippen LogP contribution in [0.2, 0.25) is 5.02 Å². The average molecular weight is 240 g/mol. The molecule has 1 atom stereocenters. The van der Waals surface area contributed by atoms with E-state index in [1.807, 2.05) is 0 Å². The van der Waals surface area contributed by atoms with E-state index in [1.54, 1.807) is 31.3 Å². The summed E-state index contributed by atoms with van der Waals surface area (Å²) in [6.45, 7) is 0. The van der Waals surface area contributed by atoms with Crippen molar-refractivity contribution in [2.24, 2.45) is 5.92 Å². The van der Waals surface area contributed by atoms with Crippen LogP contribution in [-0.4, -0.2) is 18.1 Å². The third kappa shape index (κ3) is 1.70. The van der Waals surface area contributed by atoms with E-state index >= 15 is 0 Å². The first-order chi connectivity index (χ1) is 7.61. The standard InChI is InChI=1S/C12H14ClNO2/c1-14-12(11(15)16,8-2-3-8)9-4-6-10(13)7-5-9/h4-8,14H,2-3H2,1H3,(H,15,16). The van der Waals surface area contributed by atoms with Crippen molar-refractivity contribution in [3.05, 3.63) is 34.9 Å². The molecule has 86 valence electrons. The molecule has 1 unspecified atom stereocenters. The smallest absolute Gasteiger partial charge is 0.328 e. The number of carbonyl (C=O) groups is 1. The minimum atomic E-state index is -0.954. The third-order valence-corrected chi connectivity index (χ3v) is 3.47. The van der Waals surface area contributed by atoms with Crippen molar-refractivity contribution in [2.45, 2.75) is 18.4 Å². The second-order valence-corrected chi connectivity index (χ2v) is 4.58. The number of carboxylic acid groups (broad SMARTS) is 1. The molecule has 2 rings (SSSR count). The van der Waals surface area contributed by atoms with E-state index < -0.39 is 11.5 Å². The minimum Gasteiger partial charge on any atom is -0.480 e. The highest BCUT2D eigenvalue weighted by molar-refractivity contribution is 6.30. The molecule has 0 amide bonds. The first-order valence-electron chi connectivity index (χ1n) is 5.29. The van der Waals surface area contributed by atoms with Gasteiger partial charge in [-0.05, 0) is 43.5 Å². The maximum absolute atomic E-state index is 11.5. The molecule has 1 aliphatic rings. The Bertz CT molecular complexity index is 400. The zero-order chi connectivity index (χ0) is 11.8. The lowest BCUT2D eigenvalue weighted by Gasteiger charge is -2.29. The topological polar surface area (TPSA) is 49.3 Å². The Morgan fingerprint density at radius 1 is 1.44 bits per heavy atom. The average Bonchev–Trinajstić information content (AvgIpc) is 3.06. The molecule has 4 heteroatoms. The molecule has 3 nitrogen and oxygen atoms in total. The van der Waals surface area contributed by atoms with Crippen LogP contribution in [0.4, 0.5) is 0 Å². The second kappa shape index (κ2) is 4.07. The molecule has 0 spiro atoms. The maximum atomic E-state index is 11.5. The molecular weight excluding hydrogens is 226 g/mol. The molecule has 0 saturated heterocycles. The quantitative estimate of drug-likeness (QED) is 0.847. The Balaban J connectivity index is 2.45. The summed E-state index contributed by atoms with van der Waals surface area (Å²) < 4.78 is 0. The second-order valence-electron chi connectivity index (χ2n) is 4.14. The fourth-order valence-corrected chi connectivity index (χ4v) is 2.34. The summed E-state index contributed by atoms with van der Waals surface area (Å²) in [5.41, 5.74) is -0.181. The van der Waals surface area contributed by atoms with Crippen molar-refractivity contribution < 1.29 is 9.90 Å². The van der Waals surface area contributed by atoms with Crippen molar-refractivity contribution in [1.82, 2.24) is 5.32 Å². The number of nitrogens with one attached hydrogen (secondary N) is 1. The summed E-state index contributed by atoms with van der Waals surface area (Å²) in [6.07, 6.45) is 1.91. The van der Waals surface area contributed by atoms with Gasteiger partial charge in [-0.25, -0.2) is 4.79 Å². The van der Waals surface area contributed by atoms with Gasteiger partial charge < -0.3 is 10.4 Å². The number of halogens is 1. The molecular formula is C12H14ClNO2. The summed E-state index contributed by atoms with van der Waals surface area (Å²) >= 11 is 5.81. The predicted octanol–water partition coefficient (Wildman–Crippen LogP) is 2.25. The van der Waals surface area contributed by atoms with Crippen molar-refractivity contribution in [3.8, 4) is 0 Å². The van der Waals surface area contributed by atoms with Crippen LogP contribution in [0.15, 0.2) is 24.3 Å². The zero-order valence-corrected chi connectivity index (χ0v) is 9.79. The first-order valence-corrected chi connectivity index (χ1v) is 5.67. The van der Waals surface area contributed by atoms with E-state index in [4.69, 9.17) is 11.6 Å². The summed E-state index contributed by atoms with van der Waals surface area (Å²) in [7, 11) is 1.70. The van der Waals surface area contributed by atoms with Gasteiger partial charge >= 0.3 is 5.97 Å². The van der Waals surface area contributed by atoms with Crippen LogP contribution in [0.5, 0.6) is 0 Å². The van der Waals surface area contributed by atoms with Crippen LogP contribution in [0.1, 0.15) is 18.4 Å². The van der Waals surface area contributed by atoms with Crippen LogP contribution in [0, 0.1) is 5.92 Å².